The second-order valence-corrected chi connectivity index (χ2v) is 8.12. The Morgan fingerprint density at radius 1 is 0.553 bits per heavy atom. The van der Waals surface area contributed by atoms with E-state index in [0.717, 1.165) is 0 Å². The molecule has 186 valence electrons. The first kappa shape index (κ1) is 23.9. The van der Waals surface area contributed by atoms with E-state index in [2.05, 4.69) is 20.6 Å². The number of rotatable bonds is 6. The number of amides is 2. The van der Waals surface area contributed by atoms with Gasteiger partial charge >= 0.3 is 0 Å². The minimum atomic E-state index is -0.533. The van der Waals surface area contributed by atoms with Crippen LogP contribution >= 0.6 is 0 Å². The van der Waals surface area contributed by atoms with E-state index >= 15 is 0 Å². The number of nitro groups is 2. The Bertz CT molecular complexity index is 1620. The van der Waals surface area contributed by atoms with Gasteiger partial charge < -0.3 is 10.6 Å². The standard InChI is InChI=1S/C26H16N6O6/c33-25(27-17-5-9-19(10-6-17)31(35)36)21-13-3-15-1-2-16-4-14-22(30-24(16)23(15)29-21)26(34)28-18-7-11-20(12-8-18)32(37)38/h1-14H,(H,27,33)(H,28,34). The molecular weight excluding hydrogens is 492 g/mol. The lowest BCUT2D eigenvalue weighted by Crippen LogP contribution is -2.14. The van der Waals surface area contributed by atoms with E-state index in [4.69, 9.17) is 0 Å². The predicted octanol–water partition coefficient (Wildman–Crippen LogP) is 5.10. The number of aromatic nitrogens is 2. The lowest BCUT2D eigenvalue weighted by atomic mass is 10.1. The second-order valence-electron chi connectivity index (χ2n) is 8.12. The number of nitro benzene ring substituents is 2. The van der Waals surface area contributed by atoms with E-state index in [1.807, 2.05) is 12.1 Å². The van der Waals surface area contributed by atoms with Crippen LogP contribution < -0.4 is 10.6 Å². The Kier molecular flexibility index (Phi) is 6.11. The zero-order valence-corrected chi connectivity index (χ0v) is 19.3. The molecule has 0 atom stereocenters. The van der Waals surface area contributed by atoms with E-state index in [9.17, 15) is 29.8 Å². The van der Waals surface area contributed by atoms with E-state index < -0.39 is 21.7 Å². The number of nitrogens with one attached hydrogen (secondary N) is 2. The van der Waals surface area contributed by atoms with E-state index in [0.29, 0.717) is 33.2 Å². The molecule has 0 spiro atoms. The van der Waals surface area contributed by atoms with Gasteiger partial charge in [-0.3, -0.25) is 29.8 Å². The van der Waals surface area contributed by atoms with Crippen molar-refractivity contribution < 1.29 is 19.4 Å². The van der Waals surface area contributed by atoms with Crippen LogP contribution in [0.25, 0.3) is 21.8 Å². The molecule has 38 heavy (non-hydrogen) atoms. The van der Waals surface area contributed by atoms with Gasteiger partial charge in [-0.2, -0.15) is 0 Å². The summed E-state index contributed by atoms with van der Waals surface area (Å²) in [5.74, 6) is -1.05. The Labute approximate surface area is 213 Å². The van der Waals surface area contributed by atoms with Crippen molar-refractivity contribution in [1.82, 2.24) is 9.97 Å². The second kappa shape index (κ2) is 9.70. The lowest BCUT2D eigenvalue weighted by Gasteiger charge is -2.09. The molecule has 0 fully saturated rings. The lowest BCUT2D eigenvalue weighted by molar-refractivity contribution is -0.385. The molecule has 0 radical (unpaired) electrons. The van der Waals surface area contributed by atoms with Crippen LogP contribution in [0.3, 0.4) is 0 Å². The fourth-order valence-electron chi connectivity index (χ4n) is 3.74. The summed E-state index contributed by atoms with van der Waals surface area (Å²) in [6.45, 7) is 0. The quantitative estimate of drug-likeness (QED) is 0.181. The van der Waals surface area contributed by atoms with Crippen molar-refractivity contribution in [2.75, 3.05) is 10.6 Å². The Balaban J connectivity index is 1.43. The van der Waals surface area contributed by atoms with E-state index in [1.165, 1.54) is 48.5 Å². The smallest absolute Gasteiger partial charge is 0.274 e. The van der Waals surface area contributed by atoms with Gasteiger partial charge in [-0.1, -0.05) is 24.3 Å². The largest absolute Gasteiger partial charge is 0.321 e. The molecule has 12 heteroatoms. The van der Waals surface area contributed by atoms with Gasteiger partial charge in [0.15, 0.2) is 0 Å². The molecule has 0 saturated heterocycles. The maximum Gasteiger partial charge on any atom is 0.274 e. The minimum absolute atomic E-state index is 0.0888. The maximum atomic E-state index is 12.8. The zero-order valence-electron chi connectivity index (χ0n) is 19.3. The van der Waals surface area contributed by atoms with Crippen molar-refractivity contribution in [3.8, 4) is 0 Å². The predicted molar refractivity (Wildman–Crippen MR) is 139 cm³/mol. The van der Waals surface area contributed by atoms with Crippen LogP contribution in [0.5, 0.6) is 0 Å². The highest BCUT2D eigenvalue weighted by atomic mass is 16.6. The van der Waals surface area contributed by atoms with Crippen molar-refractivity contribution in [3.63, 3.8) is 0 Å². The summed E-state index contributed by atoms with van der Waals surface area (Å²) in [7, 11) is 0. The number of pyridine rings is 2. The van der Waals surface area contributed by atoms with Crippen LogP contribution in [-0.4, -0.2) is 31.6 Å². The number of hydrogen-bond acceptors (Lipinski definition) is 8. The SMILES string of the molecule is O=C(Nc1ccc([N+](=O)[O-])cc1)c1ccc2ccc3ccc(C(=O)Nc4ccc([N+](=O)[O-])cc4)nc3c2n1. The van der Waals surface area contributed by atoms with Gasteiger partial charge in [-0.25, -0.2) is 9.97 Å². The minimum Gasteiger partial charge on any atom is -0.321 e. The summed E-state index contributed by atoms with van der Waals surface area (Å²) < 4.78 is 0. The maximum absolute atomic E-state index is 12.8. The molecule has 3 aromatic carbocycles. The van der Waals surface area contributed by atoms with Crippen LogP contribution in [-0.2, 0) is 0 Å². The number of benzene rings is 3. The van der Waals surface area contributed by atoms with Gasteiger partial charge in [0.1, 0.15) is 11.4 Å². The van der Waals surface area contributed by atoms with E-state index in [1.54, 1.807) is 24.3 Å². The number of anilines is 2. The third kappa shape index (κ3) is 4.81. The molecule has 2 N–H and O–H groups in total. The van der Waals surface area contributed by atoms with Crippen molar-refractivity contribution in [2.24, 2.45) is 0 Å². The highest BCUT2D eigenvalue weighted by molar-refractivity contribution is 6.09. The molecule has 5 aromatic rings. The molecule has 5 rings (SSSR count). The third-order valence-electron chi connectivity index (χ3n) is 5.66. The molecule has 12 nitrogen and oxygen atoms in total. The molecule has 2 amide bonds. The van der Waals surface area contributed by atoms with Crippen LogP contribution in [0, 0.1) is 20.2 Å². The molecule has 0 aliphatic rings. The number of hydrogen-bond donors (Lipinski definition) is 2. The summed E-state index contributed by atoms with van der Waals surface area (Å²) in [6, 6.07) is 20.9. The zero-order chi connectivity index (χ0) is 26.8. The Morgan fingerprint density at radius 2 is 0.895 bits per heavy atom. The average molecular weight is 508 g/mol. The molecule has 0 unspecified atom stereocenters. The highest BCUT2D eigenvalue weighted by Gasteiger charge is 2.15. The molecule has 2 aromatic heterocycles. The average Bonchev–Trinajstić information content (AvgIpc) is 2.93. The Hall–Kier alpha value is -5.78. The first-order valence-corrected chi connectivity index (χ1v) is 11.1. The third-order valence-corrected chi connectivity index (χ3v) is 5.66. The van der Waals surface area contributed by atoms with E-state index in [-0.39, 0.29) is 22.8 Å². The summed E-state index contributed by atoms with van der Waals surface area (Å²) in [5.41, 5.74) is 1.52. The monoisotopic (exact) mass is 508 g/mol. The van der Waals surface area contributed by atoms with Gasteiger partial charge in [0.2, 0.25) is 0 Å². The molecule has 0 aliphatic carbocycles. The first-order valence-electron chi connectivity index (χ1n) is 11.1. The van der Waals surface area contributed by atoms with Crippen molar-refractivity contribution >= 4 is 56.4 Å². The van der Waals surface area contributed by atoms with Crippen LogP contribution in [0.15, 0.2) is 84.9 Å². The fraction of sp³-hybridized carbons (Fsp3) is 0. The van der Waals surface area contributed by atoms with Gasteiger partial charge in [0.25, 0.3) is 23.2 Å². The topological polar surface area (TPSA) is 170 Å². The molecule has 0 saturated carbocycles. The van der Waals surface area contributed by atoms with Crippen molar-refractivity contribution in [2.45, 2.75) is 0 Å². The normalized spacial score (nSPS) is 10.7. The molecule has 2 heterocycles. The molecule has 0 bridgehead atoms. The summed E-state index contributed by atoms with van der Waals surface area (Å²) >= 11 is 0. The van der Waals surface area contributed by atoms with Crippen LogP contribution in [0.1, 0.15) is 21.0 Å². The number of carbonyl (C=O) groups excluding carboxylic acids is 2. The Morgan fingerprint density at radius 3 is 1.24 bits per heavy atom. The first-order chi connectivity index (χ1) is 18.3. The number of nitrogens with zero attached hydrogens (tertiary/aromatic N) is 4. The van der Waals surface area contributed by atoms with Gasteiger partial charge in [0, 0.05) is 46.4 Å². The van der Waals surface area contributed by atoms with Crippen molar-refractivity contribution in [3.05, 3.63) is 117 Å². The highest BCUT2D eigenvalue weighted by Crippen LogP contribution is 2.24. The fourth-order valence-corrected chi connectivity index (χ4v) is 3.74. The number of carbonyl (C=O) groups is 2. The van der Waals surface area contributed by atoms with Crippen LogP contribution in [0.2, 0.25) is 0 Å². The summed E-state index contributed by atoms with van der Waals surface area (Å²) in [4.78, 5) is 55.2. The van der Waals surface area contributed by atoms with Gasteiger partial charge in [-0.05, 0) is 36.4 Å². The summed E-state index contributed by atoms with van der Waals surface area (Å²) in [5, 5.41) is 28.4. The number of fused-ring (bicyclic) bond motifs is 3. The summed E-state index contributed by atoms with van der Waals surface area (Å²) in [6.07, 6.45) is 0. The van der Waals surface area contributed by atoms with Gasteiger partial charge in [0.05, 0.1) is 20.9 Å². The number of non-ortho nitro benzene ring substituents is 2. The molecular formula is C26H16N6O6. The molecule has 0 aliphatic heterocycles. The van der Waals surface area contributed by atoms with Crippen molar-refractivity contribution in [1.29, 1.82) is 0 Å². The van der Waals surface area contributed by atoms with Crippen LogP contribution in [0.4, 0.5) is 22.7 Å². The van der Waals surface area contributed by atoms with Gasteiger partial charge in [-0.15, -0.1) is 0 Å².